The van der Waals surface area contributed by atoms with Crippen LogP contribution in [-0.4, -0.2) is 30.2 Å². The van der Waals surface area contributed by atoms with Crippen molar-refractivity contribution in [2.45, 2.75) is 25.8 Å². The van der Waals surface area contributed by atoms with Crippen LogP contribution in [0, 0.1) is 0 Å². The molecule has 2 nitrogen and oxygen atoms in total. The average Bonchev–Trinajstić information content (AvgIpc) is 2.25. The second kappa shape index (κ2) is 4.77. The highest BCUT2D eigenvalue weighted by Crippen LogP contribution is 2.19. The van der Waals surface area contributed by atoms with Crippen molar-refractivity contribution < 1.29 is 5.11 Å². The molecule has 2 rings (SSSR count). The van der Waals surface area contributed by atoms with Crippen molar-refractivity contribution >= 4 is 0 Å². The van der Waals surface area contributed by atoms with Crippen LogP contribution in [0.15, 0.2) is 18.2 Å². The molecule has 1 aromatic carbocycles. The van der Waals surface area contributed by atoms with E-state index in [4.69, 9.17) is 5.11 Å². The molecule has 0 fully saturated rings. The van der Waals surface area contributed by atoms with Crippen LogP contribution in [0.5, 0.6) is 0 Å². The van der Waals surface area contributed by atoms with Gasteiger partial charge in [0.25, 0.3) is 0 Å². The molecule has 15 heavy (non-hydrogen) atoms. The highest BCUT2D eigenvalue weighted by atomic mass is 16.2. The van der Waals surface area contributed by atoms with Gasteiger partial charge in [0.05, 0.1) is 0 Å². The van der Waals surface area contributed by atoms with Gasteiger partial charge < -0.3 is 10.0 Å². The van der Waals surface area contributed by atoms with E-state index < -0.39 is 0 Å². The number of benzene rings is 1. The summed E-state index contributed by atoms with van der Waals surface area (Å²) < 4.78 is 0. The Hall–Kier alpha value is -0.860. The highest BCUT2D eigenvalue weighted by Gasteiger charge is 2.12. The first-order valence-electron chi connectivity index (χ1n) is 5.69. The van der Waals surface area contributed by atoms with E-state index in [9.17, 15) is 0 Å². The summed E-state index contributed by atoms with van der Waals surface area (Å²) in [6, 6.07) is 6.77. The summed E-state index contributed by atoms with van der Waals surface area (Å²) >= 11 is 0. The van der Waals surface area contributed by atoms with E-state index in [0.29, 0.717) is 0 Å². The lowest BCUT2D eigenvalue weighted by Crippen LogP contribution is -2.26. The maximum absolute atomic E-state index is 8.80. The Morgan fingerprint density at radius 3 is 3.00 bits per heavy atom. The SMILES string of the molecule is CN1CCc2ccc(CCCO)cc2C1. The molecule has 0 aliphatic carbocycles. The van der Waals surface area contributed by atoms with Crippen molar-refractivity contribution in [2.75, 3.05) is 20.2 Å². The van der Waals surface area contributed by atoms with Crippen molar-refractivity contribution in [1.82, 2.24) is 4.90 Å². The standard InChI is InChI=1S/C13H19NO/c1-14-7-6-12-5-4-11(3-2-8-15)9-13(12)10-14/h4-5,9,15H,2-3,6-8,10H2,1H3. The van der Waals surface area contributed by atoms with Crippen molar-refractivity contribution in [3.63, 3.8) is 0 Å². The molecule has 1 aliphatic rings. The van der Waals surface area contributed by atoms with Gasteiger partial charge in [-0.3, -0.25) is 0 Å². The summed E-state index contributed by atoms with van der Waals surface area (Å²) in [5, 5.41) is 8.80. The molecule has 2 heteroatoms. The van der Waals surface area contributed by atoms with Crippen LogP contribution in [0.4, 0.5) is 0 Å². The maximum atomic E-state index is 8.80. The smallest absolute Gasteiger partial charge is 0.0434 e. The molecule has 0 radical (unpaired) electrons. The third-order valence-corrected chi connectivity index (χ3v) is 3.10. The number of hydrogen-bond acceptors (Lipinski definition) is 2. The maximum Gasteiger partial charge on any atom is 0.0434 e. The fraction of sp³-hybridized carbons (Fsp3) is 0.538. The molecule has 0 saturated heterocycles. The first kappa shape index (κ1) is 10.7. The van der Waals surface area contributed by atoms with Gasteiger partial charge in [0, 0.05) is 19.7 Å². The Morgan fingerprint density at radius 2 is 2.20 bits per heavy atom. The summed E-state index contributed by atoms with van der Waals surface area (Å²) in [7, 11) is 2.17. The van der Waals surface area contributed by atoms with E-state index in [1.165, 1.54) is 29.7 Å². The first-order valence-corrected chi connectivity index (χ1v) is 5.69. The Kier molecular flexibility index (Phi) is 3.39. The van der Waals surface area contributed by atoms with E-state index in [2.05, 4.69) is 30.1 Å². The Bertz CT molecular complexity index is 335. The Labute approximate surface area is 91.5 Å². The third kappa shape index (κ3) is 2.58. The Morgan fingerprint density at radius 1 is 1.33 bits per heavy atom. The number of aliphatic hydroxyl groups excluding tert-OH is 1. The number of likely N-dealkylation sites (N-methyl/N-ethyl adjacent to an activating group) is 1. The fourth-order valence-electron chi connectivity index (χ4n) is 2.19. The largest absolute Gasteiger partial charge is 0.396 e. The van der Waals surface area contributed by atoms with Crippen LogP contribution < -0.4 is 0 Å². The van der Waals surface area contributed by atoms with Gasteiger partial charge in [-0.2, -0.15) is 0 Å². The molecule has 0 amide bonds. The average molecular weight is 205 g/mol. The van der Waals surface area contributed by atoms with Gasteiger partial charge in [-0.25, -0.2) is 0 Å². The molecule has 0 spiro atoms. The molecular weight excluding hydrogens is 186 g/mol. The molecule has 0 atom stereocenters. The second-order valence-electron chi connectivity index (χ2n) is 4.42. The van der Waals surface area contributed by atoms with Crippen molar-refractivity contribution in [2.24, 2.45) is 0 Å². The molecule has 0 saturated carbocycles. The fourth-order valence-corrected chi connectivity index (χ4v) is 2.19. The topological polar surface area (TPSA) is 23.5 Å². The van der Waals surface area contributed by atoms with E-state index >= 15 is 0 Å². The summed E-state index contributed by atoms with van der Waals surface area (Å²) in [6.45, 7) is 2.53. The van der Waals surface area contributed by atoms with Gasteiger partial charge in [0.2, 0.25) is 0 Å². The molecule has 82 valence electrons. The molecular formula is C13H19NO. The monoisotopic (exact) mass is 205 g/mol. The summed E-state index contributed by atoms with van der Waals surface area (Å²) in [5.41, 5.74) is 4.33. The van der Waals surface area contributed by atoms with Gasteiger partial charge >= 0.3 is 0 Å². The van der Waals surface area contributed by atoms with Gasteiger partial charge in [0.15, 0.2) is 0 Å². The van der Waals surface area contributed by atoms with E-state index in [-0.39, 0.29) is 6.61 Å². The number of aliphatic hydroxyl groups is 1. The Balaban J connectivity index is 2.13. The van der Waals surface area contributed by atoms with Gasteiger partial charge in [-0.1, -0.05) is 18.2 Å². The third-order valence-electron chi connectivity index (χ3n) is 3.10. The van der Waals surface area contributed by atoms with Crippen molar-refractivity contribution in [3.8, 4) is 0 Å². The van der Waals surface area contributed by atoms with Gasteiger partial charge in [0.1, 0.15) is 0 Å². The van der Waals surface area contributed by atoms with Gasteiger partial charge in [-0.15, -0.1) is 0 Å². The minimum atomic E-state index is 0.289. The molecule has 1 heterocycles. The number of fused-ring (bicyclic) bond motifs is 1. The van der Waals surface area contributed by atoms with Crippen LogP contribution >= 0.6 is 0 Å². The predicted octanol–water partition coefficient (Wildman–Crippen LogP) is 1.60. The number of aryl methyl sites for hydroxylation is 1. The van der Waals surface area contributed by atoms with Crippen LogP contribution in [-0.2, 0) is 19.4 Å². The number of hydrogen-bond donors (Lipinski definition) is 1. The van der Waals surface area contributed by atoms with Crippen LogP contribution in [0.1, 0.15) is 23.1 Å². The molecule has 1 N–H and O–H groups in total. The molecule has 1 aliphatic heterocycles. The molecule has 0 aromatic heterocycles. The van der Waals surface area contributed by atoms with Crippen molar-refractivity contribution in [3.05, 3.63) is 34.9 Å². The normalized spacial score (nSPS) is 16.4. The van der Waals surface area contributed by atoms with E-state index in [1.807, 2.05) is 0 Å². The quantitative estimate of drug-likeness (QED) is 0.810. The molecule has 0 bridgehead atoms. The van der Waals surface area contributed by atoms with Crippen LogP contribution in [0.3, 0.4) is 0 Å². The van der Waals surface area contributed by atoms with E-state index in [0.717, 1.165) is 19.4 Å². The van der Waals surface area contributed by atoms with Crippen molar-refractivity contribution in [1.29, 1.82) is 0 Å². The van der Waals surface area contributed by atoms with Crippen LogP contribution in [0.2, 0.25) is 0 Å². The van der Waals surface area contributed by atoms with Gasteiger partial charge in [-0.05, 0) is 43.0 Å². The zero-order valence-corrected chi connectivity index (χ0v) is 9.37. The number of nitrogens with zero attached hydrogens (tertiary/aromatic N) is 1. The lowest BCUT2D eigenvalue weighted by molar-refractivity contribution is 0.288. The first-order chi connectivity index (χ1) is 7.29. The summed E-state index contributed by atoms with van der Waals surface area (Å²) in [5.74, 6) is 0. The molecule has 0 unspecified atom stereocenters. The van der Waals surface area contributed by atoms with Crippen LogP contribution in [0.25, 0.3) is 0 Å². The minimum Gasteiger partial charge on any atom is -0.396 e. The summed E-state index contributed by atoms with van der Waals surface area (Å²) in [4.78, 5) is 2.36. The second-order valence-corrected chi connectivity index (χ2v) is 4.42. The highest BCUT2D eigenvalue weighted by molar-refractivity contribution is 5.33. The van der Waals surface area contributed by atoms with E-state index in [1.54, 1.807) is 0 Å². The summed E-state index contributed by atoms with van der Waals surface area (Å²) in [6.07, 6.45) is 3.04. The zero-order valence-electron chi connectivity index (χ0n) is 9.37. The molecule has 1 aromatic rings. The lowest BCUT2D eigenvalue weighted by atomic mass is 9.96. The lowest BCUT2D eigenvalue weighted by Gasteiger charge is -2.25. The zero-order chi connectivity index (χ0) is 10.7. The predicted molar refractivity (Wildman–Crippen MR) is 61.9 cm³/mol. The number of rotatable bonds is 3. The minimum absolute atomic E-state index is 0.289.